The number of nitrogens with one attached hydrogen (secondary N) is 1. The maximum Gasteiger partial charge on any atom is 0.174 e. The Morgan fingerprint density at radius 2 is 2.03 bits per heavy atom. The van der Waals surface area contributed by atoms with Crippen LogP contribution < -0.4 is 14.8 Å². The van der Waals surface area contributed by atoms with Crippen LogP contribution in [0.4, 0.5) is 5.69 Å². The molecule has 0 spiro atoms. The highest BCUT2D eigenvalue weighted by atomic mass is 32.1. The molecule has 5 rings (SSSR count). The van der Waals surface area contributed by atoms with Crippen molar-refractivity contribution in [2.75, 3.05) is 39.2 Å². The lowest BCUT2D eigenvalue weighted by molar-refractivity contribution is 0.0132. The van der Waals surface area contributed by atoms with Crippen molar-refractivity contribution in [3.05, 3.63) is 29.8 Å². The van der Waals surface area contributed by atoms with E-state index in [1.54, 1.807) is 19.8 Å². The topological polar surface area (TPSA) is 37.0 Å². The van der Waals surface area contributed by atoms with Gasteiger partial charge >= 0.3 is 0 Å². The van der Waals surface area contributed by atoms with Crippen molar-refractivity contribution >= 4 is 23.0 Å². The van der Waals surface area contributed by atoms with Crippen LogP contribution in [0, 0.1) is 11.8 Å². The van der Waals surface area contributed by atoms with Crippen LogP contribution in [0.1, 0.15) is 38.5 Å². The highest BCUT2D eigenvalue weighted by molar-refractivity contribution is 7.80. The van der Waals surface area contributed by atoms with Gasteiger partial charge in [0.2, 0.25) is 0 Å². The zero-order valence-electron chi connectivity index (χ0n) is 18.1. The molecule has 0 aromatic heterocycles. The van der Waals surface area contributed by atoms with Gasteiger partial charge in [-0.1, -0.05) is 18.1 Å². The molecule has 3 saturated heterocycles. The van der Waals surface area contributed by atoms with Gasteiger partial charge in [-0.15, -0.1) is 0 Å². The van der Waals surface area contributed by atoms with Crippen LogP contribution in [-0.4, -0.2) is 60.8 Å². The van der Waals surface area contributed by atoms with Gasteiger partial charge in [-0.3, -0.25) is 4.90 Å². The first-order valence-electron chi connectivity index (χ1n) is 11.4. The average Bonchev–Trinajstić information content (AvgIpc) is 2.78. The summed E-state index contributed by atoms with van der Waals surface area (Å²) in [6, 6.07) is 7.02. The van der Waals surface area contributed by atoms with Crippen LogP contribution in [0.15, 0.2) is 29.8 Å². The molecule has 0 amide bonds. The van der Waals surface area contributed by atoms with Gasteiger partial charge in [0.1, 0.15) is 11.5 Å². The number of benzene rings is 1. The molecule has 162 valence electrons. The van der Waals surface area contributed by atoms with Crippen LogP contribution >= 0.6 is 12.2 Å². The number of likely N-dealkylation sites (tertiary alicyclic amines) is 1. The summed E-state index contributed by atoms with van der Waals surface area (Å²) in [4.78, 5) is 5.23. The van der Waals surface area contributed by atoms with E-state index in [1.807, 2.05) is 18.2 Å². The quantitative estimate of drug-likeness (QED) is 0.573. The number of rotatable bonds is 3. The molecule has 5 nitrogen and oxygen atoms in total. The van der Waals surface area contributed by atoms with Crippen molar-refractivity contribution in [1.82, 2.24) is 9.80 Å². The van der Waals surface area contributed by atoms with Crippen molar-refractivity contribution in [3.8, 4) is 11.5 Å². The molecule has 30 heavy (non-hydrogen) atoms. The molecule has 0 unspecified atom stereocenters. The van der Waals surface area contributed by atoms with E-state index < -0.39 is 0 Å². The lowest BCUT2D eigenvalue weighted by Crippen LogP contribution is -2.60. The van der Waals surface area contributed by atoms with Crippen LogP contribution in [0.5, 0.6) is 11.5 Å². The van der Waals surface area contributed by atoms with Crippen LogP contribution in [0.3, 0.4) is 0 Å². The number of hydrogen-bond acceptors (Lipinski definition) is 4. The molecule has 4 aliphatic rings. The first-order valence-corrected chi connectivity index (χ1v) is 11.8. The molecule has 2 bridgehead atoms. The van der Waals surface area contributed by atoms with Crippen molar-refractivity contribution < 1.29 is 9.47 Å². The van der Waals surface area contributed by atoms with E-state index in [2.05, 4.69) is 21.2 Å². The molecule has 3 aliphatic heterocycles. The van der Waals surface area contributed by atoms with Gasteiger partial charge in [-0.2, -0.15) is 0 Å². The standard InChI is InChI=1S/C24H33N3O2S/c1-28-19-8-9-22(29-2)20(14-19)25-24(30)27-11-5-6-16-12-17-13-18(23(16)27)15-26-10-4-3-7-21(17)26/h8-9,12,14,17-18,21,23H,3-7,10-11,13,15H2,1-2H3,(H,25,30)/t17-,18+,21+,23+/m0/s1. The highest BCUT2D eigenvalue weighted by Gasteiger charge is 2.46. The summed E-state index contributed by atoms with van der Waals surface area (Å²) in [5.74, 6) is 3.00. The normalized spacial score (nSPS) is 30.6. The Hall–Kier alpha value is -1.79. The summed E-state index contributed by atoms with van der Waals surface area (Å²) in [6.45, 7) is 3.52. The Morgan fingerprint density at radius 3 is 2.87 bits per heavy atom. The number of piperidine rings is 3. The third-order valence-corrected chi connectivity index (χ3v) is 7.90. The smallest absolute Gasteiger partial charge is 0.174 e. The third-order valence-electron chi connectivity index (χ3n) is 7.57. The van der Waals surface area contributed by atoms with Gasteiger partial charge in [-0.05, 0) is 74.8 Å². The molecular formula is C24H33N3O2S. The van der Waals surface area contributed by atoms with Crippen molar-refractivity contribution in [1.29, 1.82) is 0 Å². The summed E-state index contributed by atoms with van der Waals surface area (Å²) in [6.07, 6.45) is 10.5. The molecule has 1 N–H and O–H groups in total. The van der Waals surface area contributed by atoms with E-state index in [0.717, 1.165) is 40.8 Å². The summed E-state index contributed by atoms with van der Waals surface area (Å²) < 4.78 is 11.0. The molecule has 0 radical (unpaired) electrons. The lowest BCUT2D eigenvalue weighted by atomic mass is 9.68. The van der Waals surface area contributed by atoms with Crippen LogP contribution in [0.25, 0.3) is 0 Å². The minimum atomic E-state index is 0.439. The predicted octanol–water partition coefficient (Wildman–Crippen LogP) is 4.30. The van der Waals surface area contributed by atoms with Gasteiger partial charge in [-0.25, -0.2) is 0 Å². The Kier molecular flexibility index (Phi) is 5.63. The van der Waals surface area contributed by atoms with Gasteiger partial charge in [0.25, 0.3) is 0 Å². The summed E-state index contributed by atoms with van der Waals surface area (Å²) in [5, 5.41) is 4.28. The van der Waals surface area contributed by atoms with Gasteiger partial charge < -0.3 is 19.7 Å². The second-order valence-electron chi connectivity index (χ2n) is 9.20. The summed E-state index contributed by atoms with van der Waals surface area (Å²) in [7, 11) is 3.37. The van der Waals surface area contributed by atoms with E-state index in [0.29, 0.717) is 12.0 Å². The third kappa shape index (κ3) is 3.58. The number of nitrogens with zero attached hydrogens (tertiary/aromatic N) is 2. The molecule has 0 saturated carbocycles. The second kappa shape index (κ2) is 8.39. The Balaban J connectivity index is 1.39. The number of hydrogen-bond donors (Lipinski definition) is 1. The molecule has 1 aromatic carbocycles. The van der Waals surface area contributed by atoms with Gasteiger partial charge in [0.05, 0.1) is 25.9 Å². The molecule has 1 aliphatic carbocycles. The minimum Gasteiger partial charge on any atom is -0.497 e. The Bertz CT molecular complexity index is 842. The fraction of sp³-hybridized carbons (Fsp3) is 0.625. The molecule has 3 heterocycles. The highest BCUT2D eigenvalue weighted by Crippen LogP contribution is 2.45. The number of anilines is 1. The zero-order valence-corrected chi connectivity index (χ0v) is 18.9. The van der Waals surface area contributed by atoms with Gasteiger partial charge in [0, 0.05) is 25.2 Å². The fourth-order valence-corrected chi connectivity index (χ4v) is 6.61. The van der Waals surface area contributed by atoms with Crippen LogP contribution in [-0.2, 0) is 0 Å². The van der Waals surface area contributed by atoms with E-state index >= 15 is 0 Å². The molecule has 6 heteroatoms. The maximum absolute atomic E-state index is 5.95. The zero-order chi connectivity index (χ0) is 20.7. The summed E-state index contributed by atoms with van der Waals surface area (Å²) in [5.41, 5.74) is 2.50. The number of methoxy groups -OCH3 is 2. The van der Waals surface area contributed by atoms with E-state index in [-0.39, 0.29) is 0 Å². The van der Waals surface area contributed by atoms with Crippen molar-refractivity contribution in [2.45, 2.75) is 50.6 Å². The van der Waals surface area contributed by atoms with E-state index in [1.165, 1.54) is 51.6 Å². The SMILES string of the molecule is COc1ccc(OC)c(NC(=S)N2CCCC3=C[C@H]4C[C@H](CN5CCCC[C@H]45)[C@@H]32)c1. The van der Waals surface area contributed by atoms with Crippen LogP contribution in [0.2, 0.25) is 0 Å². The summed E-state index contributed by atoms with van der Waals surface area (Å²) >= 11 is 5.95. The molecular weight excluding hydrogens is 394 g/mol. The molecule has 1 aromatic rings. The first-order chi connectivity index (χ1) is 14.7. The molecule has 4 atom stereocenters. The largest absolute Gasteiger partial charge is 0.497 e. The fourth-order valence-electron chi connectivity index (χ4n) is 6.30. The Morgan fingerprint density at radius 1 is 1.13 bits per heavy atom. The monoisotopic (exact) mass is 427 g/mol. The number of ether oxygens (including phenoxy) is 2. The maximum atomic E-state index is 5.95. The van der Waals surface area contributed by atoms with E-state index in [4.69, 9.17) is 21.7 Å². The minimum absolute atomic E-state index is 0.439. The first kappa shape index (κ1) is 20.1. The average molecular weight is 428 g/mol. The van der Waals surface area contributed by atoms with Crippen molar-refractivity contribution in [2.24, 2.45) is 11.8 Å². The van der Waals surface area contributed by atoms with E-state index in [9.17, 15) is 0 Å². The molecule has 3 fully saturated rings. The Labute approximate surface area is 185 Å². The number of fused-ring (bicyclic) bond motifs is 6. The predicted molar refractivity (Wildman–Crippen MR) is 124 cm³/mol. The number of thiocarbonyl (C=S) groups is 1. The lowest BCUT2D eigenvalue weighted by Gasteiger charge is -2.55. The van der Waals surface area contributed by atoms with Gasteiger partial charge in [0.15, 0.2) is 5.11 Å². The second-order valence-corrected chi connectivity index (χ2v) is 9.58. The van der Waals surface area contributed by atoms with Crippen molar-refractivity contribution in [3.63, 3.8) is 0 Å².